The predicted molar refractivity (Wildman–Crippen MR) is 81.5 cm³/mol. The molecule has 4 heteroatoms. The molecular formula is C17H23NO3. The van der Waals surface area contributed by atoms with Crippen LogP contribution in [0.1, 0.15) is 62.1 Å². The van der Waals surface area contributed by atoms with Gasteiger partial charge in [0, 0.05) is 12.1 Å². The monoisotopic (exact) mass is 289 g/mol. The number of amides is 1. The highest BCUT2D eigenvalue weighted by atomic mass is 16.6. The predicted octanol–water partition coefficient (Wildman–Crippen LogP) is 3.74. The molecule has 2 rings (SSSR count). The molecule has 0 radical (unpaired) electrons. The molecule has 1 atom stereocenters. The van der Waals surface area contributed by atoms with Gasteiger partial charge in [-0.3, -0.25) is 4.79 Å². The van der Waals surface area contributed by atoms with Gasteiger partial charge in [0.2, 0.25) is 0 Å². The zero-order valence-electron chi connectivity index (χ0n) is 13.4. The second-order valence-corrected chi connectivity index (χ2v) is 6.53. The third kappa shape index (κ3) is 3.26. The van der Waals surface area contributed by atoms with Crippen LogP contribution in [0, 0.1) is 0 Å². The highest BCUT2D eigenvalue weighted by molar-refractivity contribution is 5.96. The van der Waals surface area contributed by atoms with Gasteiger partial charge in [-0.15, -0.1) is 0 Å². The zero-order chi connectivity index (χ0) is 15.8. The van der Waals surface area contributed by atoms with Crippen LogP contribution in [-0.2, 0) is 11.2 Å². The Labute approximate surface area is 126 Å². The molecule has 0 fully saturated rings. The number of benzene rings is 1. The van der Waals surface area contributed by atoms with Gasteiger partial charge in [0.25, 0.3) is 0 Å². The highest BCUT2D eigenvalue weighted by Crippen LogP contribution is 2.33. The second-order valence-electron chi connectivity index (χ2n) is 6.53. The lowest BCUT2D eigenvalue weighted by atomic mass is 9.88. The van der Waals surface area contributed by atoms with Gasteiger partial charge in [-0.05, 0) is 52.2 Å². The number of carbonyl (C=O) groups excluding carboxylic acids is 2. The molecule has 0 saturated carbocycles. The summed E-state index contributed by atoms with van der Waals surface area (Å²) in [4.78, 5) is 25.9. The molecule has 21 heavy (non-hydrogen) atoms. The molecule has 0 saturated heterocycles. The lowest BCUT2D eigenvalue weighted by Crippen LogP contribution is -2.42. The first-order valence-corrected chi connectivity index (χ1v) is 7.33. The van der Waals surface area contributed by atoms with Gasteiger partial charge in [0.05, 0.1) is 6.04 Å². The molecule has 4 nitrogen and oxygen atoms in total. The van der Waals surface area contributed by atoms with Crippen molar-refractivity contribution in [3.8, 4) is 0 Å². The number of nitrogens with zero attached hydrogens (tertiary/aromatic N) is 1. The Bertz CT molecular complexity index is 572. The SMILES string of the molecule is CC(=O)c1cccc2c1C(C)N(C(=O)OC(C)(C)C)CC2. The molecule has 1 unspecified atom stereocenters. The van der Waals surface area contributed by atoms with E-state index in [1.165, 1.54) is 0 Å². The Kier molecular flexibility index (Phi) is 4.08. The van der Waals surface area contributed by atoms with E-state index in [0.29, 0.717) is 12.1 Å². The van der Waals surface area contributed by atoms with Crippen LogP contribution in [0.4, 0.5) is 4.79 Å². The molecule has 0 N–H and O–H groups in total. The Morgan fingerprint density at radius 3 is 2.52 bits per heavy atom. The molecule has 1 aliphatic rings. The van der Waals surface area contributed by atoms with Crippen LogP contribution in [0.3, 0.4) is 0 Å². The number of Topliss-reactive ketones (excluding diaryl/α,β-unsaturated/α-hetero) is 1. The summed E-state index contributed by atoms with van der Waals surface area (Å²) >= 11 is 0. The molecule has 1 aromatic carbocycles. The van der Waals surface area contributed by atoms with E-state index in [1.54, 1.807) is 11.8 Å². The van der Waals surface area contributed by atoms with E-state index in [9.17, 15) is 9.59 Å². The summed E-state index contributed by atoms with van der Waals surface area (Å²) in [6.07, 6.45) is 0.430. The van der Waals surface area contributed by atoms with Gasteiger partial charge in [0.1, 0.15) is 5.60 Å². The fraction of sp³-hybridized carbons (Fsp3) is 0.529. The van der Waals surface area contributed by atoms with E-state index >= 15 is 0 Å². The number of rotatable bonds is 1. The molecular weight excluding hydrogens is 266 g/mol. The van der Waals surface area contributed by atoms with Gasteiger partial charge in [-0.1, -0.05) is 18.2 Å². The van der Waals surface area contributed by atoms with E-state index in [4.69, 9.17) is 4.74 Å². The van der Waals surface area contributed by atoms with Crippen LogP contribution >= 0.6 is 0 Å². The van der Waals surface area contributed by atoms with E-state index in [0.717, 1.165) is 17.5 Å². The summed E-state index contributed by atoms with van der Waals surface area (Å²) in [5, 5.41) is 0. The number of carbonyl (C=O) groups is 2. The van der Waals surface area contributed by atoms with Crippen molar-refractivity contribution in [1.29, 1.82) is 0 Å². The van der Waals surface area contributed by atoms with Gasteiger partial charge < -0.3 is 9.64 Å². The van der Waals surface area contributed by atoms with E-state index < -0.39 is 5.60 Å². The van der Waals surface area contributed by atoms with Crippen LogP contribution in [0.2, 0.25) is 0 Å². The third-order valence-electron chi connectivity index (χ3n) is 3.71. The summed E-state index contributed by atoms with van der Waals surface area (Å²) in [6.45, 7) is 9.70. The van der Waals surface area contributed by atoms with Crippen LogP contribution < -0.4 is 0 Å². The Balaban J connectivity index is 2.34. The smallest absolute Gasteiger partial charge is 0.410 e. The first kappa shape index (κ1) is 15.5. The number of hydrogen-bond acceptors (Lipinski definition) is 3. The van der Waals surface area contributed by atoms with Crippen molar-refractivity contribution in [2.75, 3.05) is 6.54 Å². The van der Waals surface area contributed by atoms with Crippen LogP contribution in [0.15, 0.2) is 18.2 Å². The lowest BCUT2D eigenvalue weighted by Gasteiger charge is -2.37. The first-order valence-electron chi connectivity index (χ1n) is 7.33. The zero-order valence-corrected chi connectivity index (χ0v) is 13.4. The topological polar surface area (TPSA) is 46.6 Å². The summed E-state index contributed by atoms with van der Waals surface area (Å²) < 4.78 is 5.47. The van der Waals surface area contributed by atoms with Crippen molar-refractivity contribution in [1.82, 2.24) is 4.90 Å². The van der Waals surface area contributed by atoms with Crippen molar-refractivity contribution < 1.29 is 14.3 Å². The highest BCUT2D eigenvalue weighted by Gasteiger charge is 2.32. The maximum atomic E-state index is 12.3. The van der Waals surface area contributed by atoms with Gasteiger partial charge in [-0.2, -0.15) is 0 Å². The maximum absolute atomic E-state index is 12.3. The molecule has 0 spiro atoms. The number of ether oxygens (including phenoxy) is 1. The summed E-state index contributed by atoms with van der Waals surface area (Å²) in [5.74, 6) is 0.0322. The average molecular weight is 289 g/mol. The largest absolute Gasteiger partial charge is 0.444 e. The van der Waals surface area contributed by atoms with E-state index in [1.807, 2.05) is 45.9 Å². The average Bonchev–Trinajstić information content (AvgIpc) is 2.36. The van der Waals surface area contributed by atoms with Crippen LogP contribution in [0.5, 0.6) is 0 Å². The molecule has 0 aliphatic carbocycles. The van der Waals surface area contributed by atoms with E-state index in [2.05, 4.69) is 0 Å². The molecule has 114 valence electrons. The van der Waals surface area contributed by atoms with Gasteiger partial charge >= 0.3 is 6.09 Å². The molecule has 1 heterocycles. The second kappa shape index (κ2) is 5.51. The maximum Gasteiger partial charge on any atom is 0.410 e. The lowest BCUT2D eigenvalue weighted by molar-refractivity contribution is 0.0158. The number of ketones is 1. The standard InChI is InChI=1S/C17H23NO3/c1-11-15-13(7-6-8-14(15)12(2)19)9-10-18(11)16(20)21-17(3,4)5/h6-8,11H,9-10H2,1-5H3. The minimum absolute atomic E-state index is 0.0322. The van der Waals surface area contributed by atoms with Crippen LogP contribution in [0.25, 0.3) is 0 Å². The fourth-order valence-corrected chi connectivity index (χ4v) is 2.79. The van der Waals surface area contributed by atoms with Gasteiger partial charge in [-0.25, -0.2) is 4.79 Å². The summed E-state index contributed by atoms with van der Waals surface area (Å²) in [5.41, 5.74) is 2.29. The summed E-state index contributed by atoms with van der Waals surface area (Å²) in [7, 11) is 0. The Morgan fingerprint density at radius 2 is 1.95 bits per heavy atom. The van der Waals surface area contributed by atoms with Crippen molar-refractivity contribution in [3.63, 3.8) is 0 Å². The third-order valence-corrected chi connectivity index (χ3v) is 3.71. The van der Waals surface area contributed by atoms with Crippen molar-refractivity contribution >= 4 is 11.9 Å². The Morgan fingerprint density at radius 1 is 1.29 bits per heavy atom. The number of hydrogen-bond donors (Lipinski definition) is 0. The minimum Gasteiger partial charge on any atom is -0.444 e. The molecule has 1 aromatic rings. The molecule has 0 aromatic heterocycles. The normalized spacial score (nSPS) is 18.1. The summed E-state index contributed by atoms with van der Waals surface area (Å²) in [6, 6.07) is 5.62. The first-order chi connectivity index (χ1) is 9.70. The molecule has 1 amide bonds. The van der Waals surface area contributed by atoms with Crippen molar-refractivity contribution in [3.05, 3.63) is 34.9 Å². The van der Waals surface area contributed by atoms with E-state index in [-0.39, 0.29) is 17.9 Å². The number of fused-ring (bicyclic) bond motifs is 1. The quantitative estimate of drug-likeness (QED) is 0.740. The molecule has 0 bridgehead atoms. The minimum atomic E-state index is -0.517. The van der Waals surface area contributed by atoms with Crippen molar-refractivity contribution in [2.24, 2.45) is 0 Å². The molecule has 1 aliphatic heterocycles. The fourth-order valence-electron chi connectivity index (χ4n) is 2.79. The van der Waals surface area contributed by atoms with Gasteiger partial charge in [0.15, 0.2) is 5.78 Å². The van der Waals surface area contributed by atoms with Crippen molar-refractivity contribution in [2.45, 2.75) is 52.7 Å². The Hall–Kier alpha value is -1.84. The van der Waals surface area contributed by atoms with Crippen LogP contribution in [-0.4, -0.2) is 28.9 Å².